The van der Waals surface area contributed by atoms with Crippen molar-refractivity contribution in [2.24, 2.45) is 0 Å². The summed E-state index contributed by atoms with van der Waals surface area (Å²) < 4.78 is 12.1. The Balaban J connectivity index is 1.64. The fraction of sp³-hybridized carbons (Fsp3) is 0.235. The number of carbonyl (C=O) groups excluding carboxylic acids is 2. The lowest BCUT2D eigenvalue weighted by Gasteiger charge is -2.13. The van der Waals surface area contributed by atoms with Crippen molar-refractivity contribution in [3.8, 4) is 5.75 Å². The van der Waals surface area contributed by atoms with Crippen LogP contribution in [0.3, 0.4) is 0 Å². The van der Waals surface area contributed by atoms with Gasteiger partial charge in [0.2, 0.25) is 0 Å². The zero-order valence-electron chi connectivity index (χ0n) is 14.1. The molecular formula is C17H16ClN3O4S. The summed E-state index contributed by atoms with van der Waals surface area (Å²) in [6.45, 7) is 3.94. The van der Waals surface area contributed by atoms with Crippen LogP contribution in [0.4, 0.5) is 5.69 Å². The van der Waals surface area contributed by atoms with Gasteiger partial charge in [0.05, 0.1) is 6.61 Å². The van der Waals surface area contributed by atoms with E-state index in [2.05, 4.69) is 10.3 Å². The molecule has 0 radical (unpaired) electrons. The third kappa shape index (κ3) is 3.81. The minimum atomic E-state index is -1.01. The molecule has 0 fully saturated rings. The molecule has 0 saturated heterocycles. The molecule has 3 rings (SSSR count). The van der Waals surface area contributed by atoms with Gasteiger partial charge in [-0.15, -0.1) is 11.3 Å². The standard InChI is InChI=1S/C17H16ClN3O4S/c1-3-24-12-6-4-11(5-7-12)19-15(22)10(2)25-16(23)13-14(18)20-17-21(13)8-9-26-17/h4-10H,3H2,1-2H3,(H,19,22)/t10-/m0/s1. The van der Waals surface area contributed by atoms with Crippen LogP contribution in [-0.2, 0) is 9.53 Å². The molecule has 0 aliphatic rings. The molecule has 1 aromatic carbocycles. The number of halogens is 1. The number of thiazole rings is 1. The highest BCUT2D eigenvalue weighted by atomic mass is 35.5. The van der Waals surface area contributed by atoms with E-state index in [1.165, 1.54) is 22.7 Å². The van der Waals surface area contributed by atoms with Crippen molar-refractivity contribution in [2.45, 2.75) is 20.0 Å². The summed E-state index contributed by atoms with van der Waals surface area (Å²) >= 11 is 7.34. The van der Waals surface area contributed by atoms with Gasteiger partial charge in [0.1, 0.15) is 5.75 Å². The van der Waals surface area contributed by atoms with Crippen LogP contribution in [0, 0.1) is 0 Å². The summed E-state index contributed by atoms with van der Waals surface area (Å²) in [5.74, 6) is -0.458. The second kappa shape index (κ2) is 7.76. The van der Waals surface area contributed by atoms with E-state index < -0.39 is 18.0 Å². The number of fused-ring (bicyclic) bond motifs is 1. The molecule has 7 nitrogen and oxygen atoms in total. The SMILES string of the molecule is CCOc1ccc(NC(=O)[C@H](C)OC(=O)c2c(Cl)nc3sccn23)cc1. The molecule has 0 spiro atoms. The lowest BCUT2D eigenvalue weighted by molar-refractivity contribution is -0.123. The molecule has 0 aliphatic heterocycles. The Labute approximate surface area is 158 Å². The van der Waals surface area contributed by atoms with Crippen LogP contribution in [0.25, 0.3) is 4.96 Å². The summed E-state index contributed by atoms with van der Waals surface area (Å²) in [7, 11) is 0. The third-order valence-corrected chi connectivity index (χ3v) is 4.52. The van der Waals surface area contributed by atoms with Gasteiger partial charge in [-0.1, -0.05) is 11.6 Å². The van der Waals surface area contributed by atoms with E-state index in [0.717, 1.165) is 0 Å². The number of carbonyl (C=O) groups is 2. The smallest absolute Gasteiger partial charge is 0.359 e. The number of hydrogen-bond acceptors (Lipinski definition) is 6. The zero-order valence-corrected chi connectivity index (χ0v) is 15.6. The first-order valence-corrected chi connectivity index (χ1v) is 9.11. The van der Waals surface area contributed by atoms with Gasteiger partial charge < -0.3 is 14.8 Å². The molecule has 1 amide bonds. The van der Waals surface area contributed by atoms with Crippen LogP contribution in [0.1, 0.15) is 24.3 Å². The average Bonchev–Trinajstić information content (AvgIpc) is 3.16. The molecule has 0 unspecified atom stereocenters. The van der Waals surface area contributed by atoms with Crippen LogP contribution in [0.5, 0.6) is 5.75 Å². The number of nitrogens with one attached hydrogen (secondary N) is 1. The van der Waals surface area contributed by atoms with Gasteiger partial charge >= 0.3 is 5.97 Å². The monoisotopic (exact) mass is 393 g/mol. The molecule has 1 N–H and O–H groups in total. The van der Waals surface area contributed by atoms with E-state index in [4.69, 9.17) is 21.1 Å². The van der Waals surface area contributed by atoms with E-state index in [-0.39, 0.29) is 10.8 Å². The van der Waals surface area contributed by atoms with Crippen LogP contribution in [0.2, 0.25) is 5.15 Å². The Morgan fingerprint density at radius 1 is 1.35 bits per heavy atom. The number of anilines is 1. The van der Waals surface area contributed by atoms with Crippen molar-refractivity contribution < 1.29 is 19.1 Å². The molecule has 0 bridgehead atoms. The second-order valence-corrected chi connectivity index (χ2v) is 6.53. The number of aromatic nitrogens is 2. The topological polar surface area (TPSA) is 81.9 Å². The van der Waals surface area contributed by atoms with Crippen molar-refractivity contribution in [2.75, 3.05) is 11.9 Å². The second-order valence-electron chi connectivity index (χ2n) is 5.30. The first kappa shape index (κ1) is 18.2. The minimum Gasteiger partial charge on any atom is -0.494 e. The average molecular weight is 394 g/mol. The number of esters is 1. The Bertz CT molecular complexity index is 935. The molecular weight excluding hydrogens is 378 g/mol. The molecule has 2 heterocycles. The van der Waals surface area contributed by atoms with Crippen LogP contribution >= 0.6 is 22.9 Å². The van der Waals surface area contributed by atoms with Gasteiger partial charge in [0, 0.05) is 17.3 Å². The Morgan fingerprint density at radius 3 is 2.77 bits per heavy atom. The molecule has 0 saturated carbocycles. The maximum atomic E-state index is 12.4. The molecule has 9 heteroatoms. The first-order valence-electron chi connectivity index (χ1n) is 7.85. The maximum Gasteiger partial charge on any atom is 0.359 e. The first-order chi connectivity index (χ1) is 12.5. The molecule has 26 heavy (non-hydrogen) atoms. The van der Waals surface area contributed by atoms with Gasteiger partial charge in [-0.25, -0.2) is 9.78 Å². The highest BCUT2D eigenvalue weighted by Crippen LogP contribution is 2.22. The van der Waals surface area contributed by atoms with Crippen LogP contribution in [0.15, 0.2) is 35.8 Å². The third-order valence-electron chi connectivity index (χ3n) is 3.50. The number of ether oxygens (including phenoxy) is 2. The van der Waals surface area contributed by atoms with Crippen LogP contribution < -0.4 is 10.1 Å². The highest BCUT2D eigenvalue weighted by Gasteiger charge is 2.25. The highest BCUT2D eigenvalue weighted by molar-refractivity contribution is 7.15. The van der Waals surface area contributed by atoms with Crippen molar-refractivity contribution in [3.05, 3.63) is 46.7 Å². The van der Waals surface area contributed by atoms with Crippen molar-refractivity contribution in [1.29, 1.82) is 0 Å². The Morgan fingerprint density at radius 2 is 2.08 bits per heavy atom. The van der Waals surface area contributed by atoms with Crippen molar-refractivity contribution in [3.63, 3.8) is 0 Å². The predicted molar refractivity (Wildman–Crippen MR) is 99.2 cm³/mol. The molecule has 2 aromatic heterocycles. The van der Waals surface area contributed by atoms with Gasteiger partial charge in [-0.2, -0.15) is 0 Å². The Hall–Kier alpha value is -2.58. The fourth-order valence-electron chi connectivity index (χ4n) is 2.26. The number of benzene rings is 1. The molecule has 3 aromatic rings. The fourth-order valence-corrected chi connectivity index (χ4v) is 3.27. The molecule has 0 aliphatic carbocycles. The summed E-state index contributed by atoms with van der Waals surface area (Å²) in [5.41, 5.74) is 0.674. The normalized spacial score (nSPS) is 12.0. The molecule has 1 atom stereocenters. The van der Waals surface area contributed by atoms with Gasteiger partial charge in [-0.3, -0.25) is 9.20 Å². The van der Waals surface area contributed by atoms with E-state index >= 15 is 0 Å². The number of amides is 1. The minimum absolute atomic E-state index is 0.0426. The van der Waals surface area contributed by atoms with Crippen molar-refractivity contribution in [1.82, 2.24) is 9.38 Å². The van der Waals surface area contributed by atoms with Gasteiger partial charge in [-0.05, 0) is 38.1 Å². The summed E-state index contributed by atoms with van der Waals surface area (Å²) in [6, 6.07) is 6.91. The number of nitrogens with zero attached hydrogens (tertiary/aromatic N) is 2. The Kier molecular flexibility index (Phi) is 5.43. The predicted octanol–water partition coefficient (Wildman–Crippen LogP) is 3.63. The molecule has 136 valence electrons. The van der Waals surface area contributed by atoms with E-state index in [1.54, 1.807) is 35.8 Å². The van der Waals surface area contributed by atoms with Gasteiger partial charge in [0.25, 0.3) is 5.91 Å². The van der Waals surface area contributed by atoms with E-state index in [1.807, 2.05) is 6.92 Å². The lowest BCUT2D eigenvalue weighted by Crippen LogP contribution is -2.30. The maximum absolute atomic E-state index is 12.4. The quantitative estimate of drug-likeness (QED) is 0.646. The van der Waals surface area contributed by atoms with E-state index in [9.17, 15) is 9.59 Å². The number of hydrogen-bond donors (Lipinski definition) is 1. The lowest BCUT2D eigenvalue weighted by atomic mass is 10.3. The van der Waals surface area contributed by atoms with E-state index in [0.29, 0.717) is 23.0 Å². The summed E-state index contributed by atoms with van der Waals surface area (Å²) in [6.07, 6.45) is 0.662. The zero-order chi connectivity index (χ0) is 18.7. The largest absolute Gasteiger partial charge is 0.494 e. The van der Waals surface area contributed by atoms with Gasteiger partial charge in [0.15, 0.2) is 21.9 Å². The van der Waals surface area contributed by atoms with Crippen molar-refractivity contribution >= 4 is 45.5 Å². The summed E-state index contributed by atoms with van der Waals surface area (Å²) in [5, 5.41) is 4.50. The number of rotatable bonds is 6. The summed E-state index contributed by atoms with van der Waals surface area (Å²) in [4.78, 5) is 29.3. The number of imidazole rings is 1. The van der Waals surface area contributed by atoms with Crippen LogP contribution in [-0.4, -0.2) is 34.0 Å².